The van der Waals surface area contributed by atoms with E-state index in [4.69, 9.17) is 0 Å². The van der Waals surface area contributed by atoms with E-state index in [2.05, 4.69) is 10.0 Å². The molecule has 0 atom stereocenters. The SMILES string of the molecule is CC(C)NS(=O)(=O)Cc1ccccc1CNC(=O)CCC(=O)c1cccs1. The Labute approximate surface area is 164 Å². The van der Waals surface area contributed by atoms with E-state index >= 15 is 0 Å². The molecule has 0 saturated carbocycles. The lowest BCUT2D eigenvalue weighted by Gasteiger charge is -2.13. The Morgan fingerprint density at radius 1 is 1.04 bits per heavy atom. The van der Waals surface area contributed by atoms with Gasteiger partial charge in [0.1, 0.15) is 0 Å². The summed E-state index contributed by atoms with van der Waals surface area (Å²) in [5.74, 6) is -0.432. The number of nitrogens with one attached hydrogen (secondary N) is 2. The van der Waals surface area contributed by atoms with Crippen LogP contribution in [-0.4, -0.2) is 26.2 Å². The molecule has 0 aliphatic heterocycles. The number of amides is 1. The molecule has 0 saturated heterocycles. The minimum absolute atomic E-state index is 0.0496. The largest absolute Gasteiger partial charge is 0.352 e. The maximum Gasteiger partial charge on any atom is 0.220 e. The molecule has 8 heteroatoms. The first-order valence-electron chi connectivity index (χ1n) is 8.67. The third-order valence-corrected chi connectivity index (χ3v) is 6.16. The van der Waals surface area contributed by atoms with Crippen LogP contribution in [0.1, 0.15) is 47.5 Å². The average Bonchev–Trinajstić information content (AvgIpc) is 3.12. The highest BCUT2D eigenvalue weighted by atomic mass is 32.2. The van der Waals surface area contributed by atoms with Gasteiger partial charge in [0.05, 0.1) is 10.6 Å². The Hall–Kier alpha value is -2.03. The van der Waals surface area contributed by atoms with E-state index < -0.39 is 10.0 Å². The van der Waals surface area contributed by atoms with Crippen LogP contribution in [0.5, 0.6) is 0 Å². The molecule has 0 fully saturated rings. The normalized spacial score (nSPS) is 11.5. The third kappa shape index (κ3) is 7.24. The Balaban J connectivity index is 1.90. The van der Waals surface area contributed by atoms with E-state index in [1.807, 2.05) is 5.38 Å². The Morgan fingerprint density at radius 3 is 2.37 bits per heavy atom. The summed E-state index contributed by atoms with van der Waals surface area (Å²) in [6.45, 7) is 3.75. The molecule has 0 unspecified atom stereocenters. The van der Waals surface area contributed by atoms with Crippen LogP contribution in [0.4, 0.5) is 0 Å². The van der Waals surface area contributed by atoms with Crippen LogP contribution >= 0.6 is 11.3 Å². The number of rotatable bonds is 10. The van der Waals surface area contributed by atoms with Crippen molar-refractivity contribution in [3.05, 3.63) is 57.8 Å². The molecule has 2 aromatic rings. The topological polar surface area (TPSA) is 92.3 Å². The lowest BCUT2D eigenvalue weighted by Crippen LogP contribution is -2.32. The van der Waals surface area contributed by atoms with Gasteiger partial charge >= 0.3 is 0 Å². The van der Waals surface area contributed by atoms with Crippen molar-refractivity contribution in [1.82, 2.24) is 10.0 Å². The zero-order valence-electron chi connectivity index (χ0n) is 15.4. The maximum atomic E-state index is 12.2. The van der Waals surface area contributed by atoms with E-state index in [9.17, 15) is 18.0 Å². The number of Topliss-reactive ketones (excluding diaryl/α,β-unsaturated/α-hetero) is 1. The predicted octanol–water partition coefficient (Wildman–Crippen LogP) is 2.86. The highest BCUT2D eigenvalue weighted by Crippen LogP contribution is 2.14. The number of hydrogen-bond donors (Lipinski definition) is 2. The first-order chi connectivity index (χ1) is 12.8. The van der Waals surface area contributed by atoms with Crippen molar-refractivity contribution in [1.29, 1.82) is 0 Å². The molecule has 0 bridgehead atoms. The molecule has 0 aliphatic carbocycles. The number of carbonyl (C=O) groups is 2. The lowest BCUT2D eigenvalue weighted by atomic mass is 10.1. The standard InChI is InChI=1S/C19H24N2O4S2/c1-14(2)21-27(24,25)13-16-7-4-3-6-15(16)12-20-19(23)10-9-17(22)18-8-5-11-26-18/h3-8,11,14,21H,9-10,12-13H2,1-2H3,(H,20,23). The Morgan fingerprint density at radius 2 is 1.74 bits per heavy atom. The molecule has 146 valence electrons. The zero-order chi connectivity index (χ0) is 19.9. The zero-order valence-corrected chi connectivity index (χ0v) is 17.0. The van der Waals surface area contributed by atoms with Crippen molar-refractivity contribution in [2.24, 2.45) is 0 Å². The summed E-state index contributed by atoms with van der Waals surface area (Å²) >= 11 is 1.36. The molecule has 1 amide bonds. The van der Waals surface area contributed by atoms with Crippen LogP contribution < -0.4 is 10.0 Å². The summed E-state index contributed by atoms with van der Waals surface area (Å²) in [5, 5.41) is 4.59. The van der Waals surface area contributed by atoms with Gasteiger partial charge in [0.2, 0.25) is 15.9 Å². The smallest absolute Gasteiger partial charge is 0.220 e. The number of ketones is 1. The van der Waals surface area contributed by atoms with Crippen molar-refractivity contribution in [2.75, 3.05) is 0 Å². The first kappa shape index (κ1) is 21.3. The monoisotopic (exact) mass is 408 g/mol. The summed E-state index contributed by atoms with van der Waals surface area (Å²) in [6, 6.07) is 10.5. The summed E-state index contributed by atoms with van der Waals surface area (Å²) in [4.78, 5) is 24.6. The van der Waals surface area contributed by atoms with Gasteiger partial charge in [0, 0.05) is 25.4 Å². The number of benzene rings is 1. The van der Waals surface area contributed by atoms with E-state index in [1.54, 1.807) is 50.2 Å². The lowest BCUT2D eigenvalue weighted by molar-refractivity contribution is -0.121. The van der Waals surface area contributed by atoms with Gasteiger partial charge in [-0.2, -0.15) is 0 Å². The molecule has 1 heterocycles. The van der Waals surface area contributed by atoms with Crippen LogP contribution in [-0.2, 0) is 27.1 Å². The van der Waals surface area contributed by atoms with E-state index in [0.29, 0.717) is 10.4 Å². The number of thiophene rings is 1. The molecule has 0 aliphatic rings. The van der Waals surface area contributed by atoms with Crippen LogP contribution in [0.15, 0.2) is 41.8 Å². The molecular weight excluding hydrogens is 384 g/mol. The summed E-state index contributed by atoms with van der Waals surface area (Å²) in [7, 11) is -3.45. The fraction of sp³-hybridized carbons (Fsp3) is 0.368. The molecule has 1 aromatic heterocycles. The Bertz CT molecular complexity index is 875. The van der Waals surface area contributed by atoms with E-state index in [1.165, 1.54) is 11.3 Å². The average molecular weight is 409 g/mol. The van der Waals surface area contributed by atoms with Gasteiger partial charge in [-0.3, -0.25) is 9.59 Å². The predicted molar refractivity (Wildman–Crippen MR) is 107 cm³/mol. The molecule has 0 radical (unpaired) electrons. The maximum absolute atomic E-state index is 12.2. The fourth-order valence-corrected chi connectivity index (χ4v) is 4.73. The number of carbonyl (C=O) groups excluding carboxylic acids is 2. The van der Waals surface area contributed by atoms with Crippen LogP contribution in [0, 0.1) is 0 Å². The minimum atomic E-state index is -3.45. The second kappa shape index (κ2) is 9.77. The fourth-order valence-electron chi connectivity index (χ4n) is 2.55. The minimum Gasteiger partial charge on any atom is -0.352 e. The number of sulfonamides is 1. The van der Waals surface area contributed by atoms with Crippen molar-refractivity contribution >= 4 is 33.1 Å². The van der Waals surface area contributed by atoms with Crippen LogP contribution in [0.25, 0.3) is 0 Å². The van der Waals surface area contributed by atoms with Crippen LogP contribution in [0.2, 0.25) is 0 Å². The van der Waals surface area contributed by atoms with Gasteiger partial charge < -0.3 is 5.32 Å². The molecule has 6 nitrogen and oxygen atoms in total. The summed E-state index contributed by atoms with van der Waals surface area (Å²) in [6.07, 6.45) is 0.257. The molecular formula is C19H24N2O4S2. The first-order valence-corrected chi connectivity index (χ1v) is 11.2. The van der Waals surface area contributed by atoms with Gasteiger partial charge in [0.15, 0.2) is 5.78 Å². The van der Waals surface area contributed by atoms with E-state index in [-0.39, 0.29) is 42.9 Å². The van der Waals surface area contributed by atoms with Gasteiger partial charge in [0.25, 0.3) is 0 Å². The summed E-state index contributed by atoms with van der Waals surface area (Å²) in [5.41, 5.74) is 1.38. The van der Waals surface area contributed by atoms with Crippen molar-refractivity contribution in [2.45, 2.75) is 45.0 Å². The molecule has 1 aromatic carbocycles. The van der Waals surface area contributed by atoms with Gasteiger partial charge in [-0.15, -0.1) is 11.3 Å². The molecule has 0 spiro atoms. The van der Waals surface area contributed by atoms with E-state index in [0.717, 1.165) is 5.56 Å². The highest BCUT2D eigenvalue weighted by molar-refractivity contribution is 7.88. The second-order valence-corrected chi connectivity index (χ2v) is 9.18. The quantitative estimate of drug-likeness (QED) is 0.591. The molecule has 2 rings (SSSR count). The second-order valence-electron chi connectivity index (χ2n) is 6.48. The third-order valence-electron chi connectivity index (χ3n) is 3.73. The van der Waals surface area contributed by atoms with Gasteiger partial charge in [-0.05, 0) is 36.4 Å². The summed E-state index contributed by atoms with van der Waals surface area (Å²) < 4.78 is 26.9. The molecule has 2 N–H and O–H groups in total. The van der Waals surface area contributed by atoms with Crippen molar-refractivity contribution < 1.29 is 18.0 Å². The van der Waals surface area contributed by atoms with Gasteiger partial charge in [-0.25, -0.2) is 13.1 Å². The Kier molecular flexibility index (Phi) is 7.70. The van der Waals surface area contributed by atoms with Crippen molar-refractivity contribution in [3.63, 3.8) is 0 Å². The highest BCUT2D eigenvalue weighted by Gasteiger charge is 2.16. The van der Waals surface area contributed by atoms with Crippen LogP contribution in [0.3, 0.4) is 0 Å². The van der Waals surface area contributed by atoms with Gasteiger partial charge in [-0.1, -0.05) is 30.3 Å². The molecule has 27 heavy (non-hydrogen) atoms. The number of hydrogen-bond acceptors (Lipinski definition) is 5. The van der Waals surface area contributed by atoms with Crippen molar-refractivity contribution in [3.8, 4) is 0 Å².